The molecule has 1 heterocycles. The van der Waals surface area contributed by atoms with E-state index in [1.807, 2.05) is 45.0 Å². The molecule has 0 bridgehead atoms. The number of sulfone groups is 1. The summed E-state index contributed by atoms with van der Waals surface area (Å²) >= 11 is 0. The lowest BCUT2D eigenvalue weighted by Gasteiger charge is -2.11. The maximum Gasteiger partial charge on any atom is 0.234 e. The fourth-order valence-electron chi connectivity index (χ4n) is 2.56. The summed E-state index contributed by atoms with van der Waals surface area (Å²) in [7, 11) is -3.97. The van der Waals surface area contributed by atoms with Crippen molar-refractivity contribution in [3.05, 3.63) is 59.9 Å². The number of anilines is 1. The van der Waals surface area contributed by atoms with Crippen molar-refractivity contribution in [2.75, 3.05) is 5.32 Å². The molecule has 0 fully saturated rings. The molecule has 0 saturated heterocycles. The summed E-state index contributed by atoms with van der Waals surface area (Å²) in [6, 6.07) is 12.1. The van der Waals surface area contributed by atoms with Crippen molar-refractivity contribution in [1.82, 2.24) is 4.98 Å². The van der Waals surface area contributed by atoms with E-state index < -0.39 is 15.7 Å². The standard InChI is InChI=1S/C20H21FN2O3S/c1-4-14(3)22-19-20(27(24,25)16-11-9-15(21)10-12-16)23-18(26-19)17-8-6-5-7-13(17)2/h5-12,14,22H,4H2,1-3H3/t14-/m0/s1. The van der Waals surface area contributed by atoms with E-state index in [2.05, 4.69) is 10.3 Å². The molecule has 0 amide bonds. The summed E-state index contributed by atoms with van der Waals surface area (Å²) in [6.07, 6.45) is 0.774. The SMILES string of the molecule is CC[C@H](C)Nc1oc(-c2ccccc2C)nc1S(=O)(=O)c1ccc(F)cc1. The molecular weight excluding hydrogens is 367 g/mol. The molecule has 142 valence electrons. The van der Waals surface area contributed by atoms with Crippen molar-refractivity contribution in [3.63, 3.8) is 0 Å². The number of aryl methyl sites for hydroxylation is 1. The number of oxazole rings is 1. The minimum absolute atomic E-state index is 0.00941. The van der Waals surface area contributed by atoms with Crippen molar-refractivity contribution in [2.45, 2.75) is 43.2 Å². The number of nitrogens with zero attached hydrogens (tertiary/aromatic N) is 1. The van der Waals surface area contributed by atoms with E-state index in [0.717, 1.165) is 24.1 Å². The molecule has 0 spiro atoms. The van der Waals surface area contributed by atoms with Gasteiger partial charge in [0.1, 0.15) is 5.82 Å². The van der Waals surface area contributed by atoms with Gasteiger partial charge in [0.05, 0.1) is 4.90 Å². The lowest BCUT2D eigenvalue weighted by Crippen LogP contribution is -2.15. The van der Waals surface area contributed by atoms with E-state index in [1.165, 1.54) is 12.1 Å². The third-order valence-corrected chi connectivity index (χ3v) is 6.02. The molecule has 1 atom stereocenters. The summed E-state index contributed by atoms with van der Waals surface area (Å²) in [6.45, 7) is 5.80. The van der Waals surface area contributed by atoms with Crippen LogP contribution in [-0.2, 0) is 9.84 Å². The third kappa shape index (κ3) is 3.88. The lowest BCUT2D eigenvalue weighted by atomic mass is 10.1. The second kappa shape index (κ2) is 7.52. The summed E-state index contributed by atoms with van der Waals surface area (Å²) in [5.41, 5.74) is 1.63. The van der Waals surface area contributed by atoms with Crippen LogP contribution >= 0.6 is 0 Å². The van der Waals surface area contributed by atoms with Crippen LogP contribution in [0.4, 0.5) is 10.3 Å². The third-order valence-electron chi connectivity index (χ3n) is 4.34. The van der Waals surface area contributed by atoms with Gasteiger partial charge in [0, 0.05) is 11.6 Å². The Morgan fingerprint density at radius 3 is 2.44 bits per heavy atom. The monoisotopic (exact) mass is 388 g/mol. The first kappa shape index (κ1) is 19.1. The van der Waals surface area contributed by atoms with Crippen molar-refractivity contribution in [3.8, 4) is 11.5 Å². The molecule has 0 aliphatic heterocycles. The number of rotatable bonds is 6. The van der Waals surface area contributed by atoms with Gasteiger partial charge in [0.2, 0.25) is 26.6 Å². The number of aromatic nitrogens is 1. The van der Waals surface area contributed by atoms with Crippen molar-refractivity contribution in [1.29, 1.82) is 0 Å². The van der Waals surface area contributed by atoms with Crippen LogP contribution in [-0.4, -0.2) is 19.4 Å². The van der Waals surface area contributed by atoms with E-state index >= 15 is 0 Å². The van der Waals surface area contributed by atoms with Crippen LogP contribution in [0.3, 0.4) is 0 Å². The van der Waals surface area contributed by atoms with Crippen LogP contribution in [0.5, 0.6) is 0 Å². The number of hydrogen-bond donors (Lipinski definition) is 1. The van der Waals surface area contributed by atoms with Gasteiger partial charge in [-0.2, -0.15) is 4.98 Å². The minimum atomic E-state index is -3.97. The second-order valence-electron chi connectivity index (χ2n) is 6.38. The summed E-state index contributed by atoms with van der Waals surface area (Å²) in [5.74, 6) is -0.195. The largest absolute Gasteiger partial charge is 0.419 e. The molecule has 0 unspecified atom stereocenters. The van der Waals surface area contributed by atoms with Gasteiger partial charge in [0.15, 0.2) is 0 Å². The van der Waals surface area contributed by atoms with E-state index in [1.54, 1.807) is 0 Å². The average molecular weight is 388 g/mol. The van der Waals surface area contributed by atoms with Gasteiger partial charge in [-0.3, -0.25) is 0 Å². The Bertz CT molecular complexity index is 1040. The van der Waals surface area contributed by atoms with Crippen molar-refractivity contribution < 1.29 is 17.2 Å². The molecule has 5 nitrogen and oxygen atoms in total. The highest BCUT2D eigenvalue weighted by atomic mass is 32.2. The zero-order valence-corrected chi connectivity index (χ0v) is 16.2. The quantitative estimate of drug-likeness (QED) is 0.612. The lowest BCUT2D eigenvalue weighted by molar-refractivity contribution is 0.565. The van der Waals surface area contributed by atoms with Gasteiger partial charge < -0.3 is 9.73 Å². The molecule has 0 radical (unpaired) electrons. The van der Waals surface area contributed by atoms with Crippen molar-refractivity contribution >= 4 is 15.7 Å². The maximum absolute atomic E-state index is 13.2. The Kier molecular flexibility index (Phi) is 5.32. The molecule has 1 aromatic heterocycles. The first-order chi connectivity index (χ1) is 12.8. The van der Waals surface area contributed by atoms with Crippen LogP contribution in [0, 0.1) is 12.7 Å². The van der Waals surface area contributed by atoms with Crippen LogP contribution in [0.2, 0.25) is 0 Å². The summed E-state index contributed by atoms with van der Waals surface area (Å²) in [4.78, 5) is 4.25. The zero-order chi connectivity index (χ0) is 19.6. The van der Waals surface area contributed by atoms with Gasteiger partial charge >= 0.3 is 0 Å². The molecule has 0 aliphatic rings. The first-order valence-corrected chi connectivity index (χ1v) is 10.1. The number of hydrogen-bond acceptors (Lipinski definition) is 5. The average Bonchev–Trinajstić information content (AvgIpc) is 3.06. The van der Waals surface area contributed by atoms with Crippen LogP contribution in [0.1, 0.15) is 25.8 Å². The number of benzene rings is 2. The highest BCUT2D eigenvalue weighted by molar-refractivity contribution is 7.91. The molecule has 1 N–H and O–H groups in total. The maximum atomic E-state index is 13.2. The summed E-state index contributed by atoms with van der Waals surface area (Å²) < 4.78 is 45.2. The highest BCUT2D eigenvalue weighted by Crippen LogP contribution is 2.34. The van der Waals surface area contributed by atoms with Gasteiger partial charge in [-0.25, -0.2) is 12.8 Å². The molecule has 27 heavy (non-hydrogen) atoms. The normalized spacial score (nSPS) is 12.7. The van der Waals surface area contributed by atoms with E-state index in [4.69, 9.17) is 4.42 Å². The van der Waals surface area contributed by atoms with Gasteiger partial charge in [-0.15, -0.1) is 0 Å². The van der Waals surface area contributed by atoms with Crippen LogP contribution < -0.4 is 5.32 Å². The Hall–Kier alpha value is -2.67. The molecule has 2 aromatic carbocycles. The molecule has 0 aliphatic carbocycles. The summed E-state index contributed by atoms with van der Waals surface area (Å²) in [5, 5.41) is 2.87. The number of nitrogens with one attached hydrogen (secondary N) is 1. The predicted octanol–water partition coefficient (Wildman–Crippen LogP) is 4.83. The van der Waals surface area contributed by atoms with Crippen LogP contribution in [0.15, 0.2) is 62.9 Å². The first-order valence-electron chi connectivity index (χ1n) is 8.67. The fraction of sp³-hybridized carbons (Fsp3) is 0.250. The zero-order valence-electron chi connectivity index (χ0n) is 15.4. The molecule has 7 heteroatoms. The van der Waals surface area contributed by atoms with E-state index in [0.29, 0.717) is 5.56 Å². The topological polar surface area (TPSA) is 72.2 Å². The highest BCUT2D eigenvalue weighted by Gasteiger charge is 2.29. The van der Waals surface area contributed by atoms with Gasteiger partial charge in [-0.05, 0) is 56.2 Å². The fourth-order valence-corrected chi connectivity index (χ4v) is 3.82. The van der Waals surface area contributed by atoms with Crippen LogP contribution in [0.25, 0.3) is 11.5 Å². The number of halogens is 1. The Morgan fingerprint density at radius 1 is 1.15 bits per heavy atom. The van der Waals surface area contributed by atoms with Gasteiger partial charge in [-0.1, -0.05) is 25.1 Å². The molecule has 0 saturated carbocycles. The smallest absolute Gasteiger partial charge is 0.234 e. The Morgan fingerprint density at radius 2 is 1.81 bits per heavy atom. The van der Waals surface area contributed by atoms with E-state index in [-0.39, 0.29) is 27.7 Å². The Labute approximate surface area is 158 Å². The molecule has 3 rings (SSSR count). The van der Waals surface area contributed by atoms with Crippen molar-refractivity contribution in [2.24, 2.45) is 0 Å². The van der Waals surface area contributed by atoms with E-state index in [9.17, 15) is 12.8 Å². The molecular formula is C20H21FN2O3S. The van der Waals surface area contributed by atoms with Gasteiger partial charge in [0.25, 0.3) is 0 Å². The predicted molar refractivity (Wildman–Crippen MR) is 102 cm³/mol. The molecule has 3 aromatic rings. The Balaban J connectivity index is 2.15. The minimum Gasteiger partial charge on any atom is -0.419 e. The second-order valence-corrected chi connectivity index (χ2v) is 8.24.